The van der Waals surface area contributed by atoms with Crippen LogP contribution in [0.4, 0.5) is 0 Å². The quantitative estimate of drug-likeness (QED) is 0.291. The van der Waals surface area contributed by atoms with Gasteiger partial charge in [-0.25, -0.2) is 0 Å². The van der Waals surface area contributed by atoms with Gasteiger partial charge in [0.25, 0.3) is 0 Å². The van der Waals surface area contributed by atoms with E-state index in [1.54, 1.807) is 0 Å². The third-order valence-electron chi connectivity index (χ3n) is 12.6. The highest BCUT2D eigenvalue weighted by Gasteiger charge is 2.29. The van der Waals surface area contributed by atoms with E-state index in [9.17, 15) is 0 Å². The smallest absolute Gasteiger partial charge is 0.0303 e. The van der Waals surface area contributed by atoms with Crippen LogP contribution in [-0.2, 0) is 0 Å². The predicted octanol–water partition coefficient (Wildman–Crippen LogP) is 14.0. The van der Waals surface area contributed by atoms with Crippen molar-refractivity contribution < 1.29 is 0 Å². The molecule has 0 heteroatoms. The van der Waals surface area contributed by atoms with Crippen molar-refractivity contribution in [2.75, 3.05) is 0 Å². The van der Waals surface area contributed by atoms with E-state index in [0.717, 1.165) is 34.5 Å². The standard InChI is InChI=1S/2C10H20.2C9H18/c1-3-10(4-2)8-6-5-7-9-10;1-3-9-7-5-6-8-10(9)4-2;1-3-9(4-2)7-5-6-8-9;1-3-8-6-5-7-9(8)4-2/h3-9H2,1-2H3;9-10H,3-8H2,1-2H3;3-8H2,1-2H3;8-9H,3-7H2,1-2H3. The van der Waals surface area contributed by atoms with Gasteiger partial charge in [0.2, 0.25) is 0 Å². The van der Waals surface area contributed by atoms with Crippen LogP contribution < -0.4 is 0 Å². The molecule has 0 heterocycles. The van der Waals surface area contributed by atoms with Gasteiger partial charge in [-0.05, 0) is 60.2 Å². The molecule has 4 saturated carbocycles. The first-order valence-electron chi connectivity index (χ1n) is 18.4. The average Bonchev–Trinajstić information content (AvgIpc) is 3.68. The van der Waals surface area contributed by atoms with Gasteiger partial charge in [-0.3, -0.25) is 0 Å². The summed E-state index contributed by atoms with van der Waals surface area (Å²) >= 11 is 0. The van der Waals surface area contributed by atoms with E-state index in [1.807, 2.05) is 0 Å². The summed E-state index contributed by atoms with van der Waals surface area (Å²) in [6.45, 7) is 18.8. The summed E-state index contributed by atoms with van der Waals surface area (Å²) < 4.78 is 0. The van der Waals surface area contributed by atoms with E-state index in [1.165, 1.54) is 154 Å². The van der Waals surface area contributed by atoms with Gasteiger partial charge in [0.05, 0.1) is 0 Å². The van der Waals surface area contributed by atoms with Crippen molar-refractivity contribution in [3.05, 3.63) is 0 Å². The maximum atomic E-state index is 2.36. The maximum Gasteiger partial charge on any atom is -0.0303 e. The van der Waals surface area contributed by atoms with E-state index >= 15 is 0 Å². The van der Waals surface area contributed by atoms with Crippen LogP contribution in [0.25, 0.3) is 0 Å². The average molecular weight is 533 g/mol. The van der Waals surface area contributed by atoms with E-state index < -0.39 is 0 Å². The van der Waals surface area contributed by atoms with Crippen molar-refractivity contribution in [3.8, 4) is 0 Å². The van der Waals surface area contributed by atoms with E-state index in [0.29, 0.717) is 0 Å². The van der Waals surface area contributed by atoms with Crippen LogP contribution in [0.1, 0.15) is 209 Å². The third kappa shape index (κ3) is 12.2. The van der Waals surface area contributed by atoms with E-state index in [4.69, 9.17) is 0 Å². The number of hydrogen-bond donors (Lipinski definition) is 0. The number of hydrogen-bond acceptors (Lipinski definition) is 0. The lowest BCUT2D eigenvalue weighted by Crippen LogP contribution is -2.21. The van der Waals surface area contributed by atoms with Crippen molar-refractivity contribution >= 4 is 0 Å². The number of rotatable bonds is 8. The summed E-state index contributed by atoms with van der Waals surface area (Å²) in [5.74, 6) is 4.29. The van der Waals surface area contributed by atoms with Gasteiger partial charge in [0, 0.05) is 0 Å². The molecule has 0 aromatic heterocycles. The molecular weight excluding hydrogens is 456 g/mol. The van der Waals surface area contributed by atoms with Crippen molar-refractivity contribution in [2.24, 2.45) is 34.5 Å². The zero-order chi connectivity index (χ0) is 28.3. The molecule has 0 saturated heterocycles. The van der Waals surface area contributed by atoms with Crippen LogP contribution in [0.3, 0.4) is 0 Å². The molecule has 0 aromatic rings. The van der Waals surface area contributed by atoms with Crippen LogP contribution in [-0.4, -0.2) is 0 Å². The highest BCUT2D eigenvalue weighted by molar-refractivity contribution is 4.82. The van der Waals surface area contributed by atoms with E-state index in [-0.39, 0.29) is 0 Å². The summed E-state index contributed by atoms with van der Waals surface area (Å²) in [5, 5.41) is 0. The fraction of sp³-hybridized carbons (Fsp3) is 1.00. The lowest BCUT2D eigenvalue weighted by atomic mass is 9.71. The largest absolute Gasteiger partial charge is 0.0651 e. The molecule has 0 nitrogen and oxygen atoms in total. The molecular formula is C38H76. The second-order valence-electron chi connectivity index (χ2n) is 14.1. The summed E-state index contributed by atoms with van der Waals surface area (Å²) in [5.41, 5.74) is 1.54. The van der Waals surface area contributed by atoms with Crippen LogP contribution >= 0.6 is 0 Å². The van der Waals surface area contributed by atoms with Crippen LogP contribution in [0, 0.1) is 34.5 Å². The predicted molar refractivity (Wildman–Crippen MR) is 175 cm³/mol. The van der Waals surface area contributed by atoms with Gasteiger partial charge in [0.1, 0.15) is 0 Å². The summed E-state index contributed by atoms with van der Waals surface area (Å²) in [6, 6.07) is 0. The highest BCUT2D eigenvalue weighted by Crippen LogP contribution is 2.43. The summed E-state index contributed by atoms with van der Waals surface area (Å²) in [7, 11) is 0. The first-order valence-corrected chi connectivity index (χ1v) is 18.4. The summed E-state index contributed by atoms with van der Waals surface area (Å²) in [4.78, 5) is 0. The Balaban J connectivity index is 0.000000254. The zero-order valence-electron chi connectivity index (χ0n) is 28.3. The SMILES string of the molecule is CCC1(CC)CCCC1.CCC1(CC)CCCCC1.CCC1CCCC1CC.CCC1CCCCC1CC. The molecule has 4 aliphatic carbocycles. The Kier molecular flexibility index (Phi) is 19.7. The van der Waals surface area contributed by atoms with Crippen LogP contribution in [0.15, 0.2) is 0 Å². The maximum absolute atomic E-state index is 2.36. The van der Waals surface area contributed by atoms with Gasteiger partial charge in [0.15, 0.2) is 0 Å². The van der Waals surface area contributed by atoms with Crippen molar-refractivity contribution in [1.29, 1.82) is 0 Å². The zero-order valence-corrected chi connectivity index (χ0v) is 28.3. The second kappa shape index (κ2) is 20.8. The molecule has 38 heavy (non-hydrogen) atoms. The summed E-state index contributed by atoms with van der Waals surface area (Å²) in [6.07, 6.45) is 35.2. The fourth-order valence-corrected chi connectivity index (χ4v) is 8.89. The Hall–Kier alpha value is 0. The van der Waals surface area contributed by atoms with E-state index in [2.05, 4.69) is 55.4 Å². The molecule has 0 amide bonds. The van der Waals surface area contributed by atoms with Gasteiger partial charge in [-0.1, -0.05) is 184 Å². The molecule has 0 aromatic carbocycles. The lowest BCUT2D eigenvalue weighted by molar-refractivity contribution is 0.173. The third-order valence-corrected chi connectivity index (χ3v) is 12.6. The van der Waals surface area contributed by atoms with Crippen LogP contribution in [0.5, 0.6) is 0 Å². The molecule has 4 atom stereocenters. The van der Waals surface area contributed by atoms with Gasteiger partial charge in [-0.2, -0.15) is 0 Å². The molecule has 4 unspecified atom stereocenters. The normalized spacial score (nSPS) is 29.7. The lowest BCUT2D eigenvalue weighted by Gasteiger charge is -2.35. The molecule has 4 rings (SSSR count). The van der Waals surface area contributed by atoms with Gasteiger partial charge < -0.3 is 0 Å². The Morgan fingerprint density at radius 1 is 0.342 bits per heavy atom. The minimum absolute atomic E-state index is 0.762. The van der Waals surface area contributed by atoms with Crippen molar-refractivity contribution in [1.82, 2.24) is 0 Å². The first-order chi connectivity index (χ1) is 18.4. The van der Waals surface area contributed by atoms with Crippen molar-refractivity contribution in [2.45, 2.75) is 209 Å². The molecule has 0 radical (unpaired) electrons. The molecule has 0 spiro atoms. The molecule has 228 valence electrons. The topological polar surface area (TPSA) is 0 Å². The monoisotopic (exact) mass is 533 g/mol. The van der Waals surface area contributed by atoms with Gasteiger partial charge in [-0.15, -0.1) is 0 Å². The Labute approximate surface area is 243 Å². The molecule has 0 aliphatic heterocycles. The first kappa shape index (κ1) is 36.0. The minimum atomic E-state index is 0.762. The minimum Gasteiger partial charge on any atom is -0.0651 e. The Bertz CT molecular complexity index is 486. The fourth-order valence-electron chi connectivity index (χ4n) is 8.89. The molecule has 0 bridgehead atoms. The Morgan fingerprint density at radius 2 is 0.605 bits per heavy atom. The molecule has 0 N–H and O–H groups in total. The second-order valence-corrected chi connectivity index (χ2v) is 14.1. The van der Waals surface area contributed by atoms with Gasteiger partial charge >= 0.3 is 0 Å². The molecule has 4 fully saturated rings. The molecule has 4 aliphatic rings. The Morgan fingerprint density at radius 3 is 0.842 bits per heavy atom. The van der Waals surface area contributed by atoms with Crippen LogP contribution in [0.2, 0.25) is 0 Å². The highest BCUT2D eigenvalue weighted by atomic mass is 14.3. The van der Waals surface area contributed by atoms with Crippen molar-refractivity contribution in [3.63, 3.8) is 0 Å².